The number of carbonyl (C=O) groups excluding carboxylic acids is 2. The molecule has 0 atom stereocenters. The van der Waals surface area contributed by atoms with Crippen LogP contribution in [0.25, 0.3) is 44.2 Å². The van der Waals surface area contributed by atoms with Crippen molar-refractivity contribution in [1.82, 2.24) is 9.97 Å². The Balaban J connectivity index is 0.000000166. The summed E-state index contributed by atoms with van der Waals surface area (Å²) >= 11 is 0. The molecule has 0 radical (unpaired) electrons. The minimum absolute atomic E-state index is 0.0971. The van der Waals surface area contributed by atoms with Crippen LogP contribution in [0.2, 0.25) is 0 Å². The highest BCUT2D eigenvalue weighted by atomic mass is 16.2. The molecule has 7 heteroatoms. The van der Waals surface area contributed by atoms with Crippen LogP contribution in [0.4, 0.5) is 17.1 Å². The van der Waals surface area contributed by atoms with E-state index >= 15 is 0 Å². The molecule has 336 valence electrons. The number of fused-ring (bicyclic) bond motifs is 4. The van der Waals surface area contributed by atoms with E-state index in [0.717, 1.165) is 44.3 Å². The number of para-hydroxylation sites is 3. The van der Waals surface area contributed by atoms with Gasteiger partial charge >= 0.3 is 0 Å². The third kappa shape index (κ3) is 8.55. The van der Waals surface area contributed by atoms with Crippen LogP contribution in [-0.2, 0) is 21.7 Å². The van der Waals surface area contributed by atoms with Crippen molar-refractivity contribution in [1.29, 1.82) is 0 Å². The predicted molar refractivity (Wildman–Crippen MR) is 276 cm³/mol. The molecule has 6 N–H and O–H groups in total. The number of H-pyrrole nitrogens is 2. The van der Waals surface area contributed by atoms with E-state index in [2.05, 4.69) is 137 Å². The van der Waals surface area contributed by atoms with Gasteiger partial charge < -0.3 is 26.3 Å². The number of nitrogens with two attached hydrogens (primary N) is 1. The number of aromatic nitrogens is 2. The minimum atomic E-state index is -0.205. The highest BCUT2D eigenvalue weighted by Gasteiger charge is 2.38. The monoisotopic (exact) mass is 873 g/mol. The van der Waals surface area contributed by atoms with Crippen LogP contribution in [0, 0.1) is 6.92 Å². The van der Waals surface area contributed by atoms with Crippen molar-refractivity contribution in [2.45, 2.75) is 110 Å². The molecular weight excluding hydrogens is 811 g/mol. The second-order valence-electron chi connectivity index (χ2n) is 21.3. The van der Waals surface area contributed by atoms with Gasteiger partial charge in [0.2, 0.25) is 0 Å². The number of amides is 2. The fraction of sp³-hybridized carbons (Fsp3) is 0.288. The lowest BCUT2D eigenvalue weighted by Gasteiger charge is -2.42. The van der Waals surface area contributed by atoms with Crippen molar-refractivity contribution in [2.24, 2.45) is 0 Å². The lowest BCUT2D eigenvalue weighted by atomic mass is 9.63. The average Bonchev–Trinajstić information content (AvgIpc) is 3.93. The molecule has 2 aliphatic carbocycles. The molecule has 0 unspecified atom stereocenters. The number of nitrogen functional groups attached to an aromatic ring is 1. The zero-order chi connectivity index (χ0) is 46.8. The Bertz CT molecular complexity index is 3040. The summed E-state index contributed by atoms with van der Waals surface area (Å²) in [6.45, 7) is 20.8. The first-order chi connectivity index (χ1) is 31.3. The predicted octanol–water partition coefficient (Wildman–Crippen LogP) is 14.8. The molecule has 2 heterocycles. The molecule has 2 aromatic heterocycles. The number of aryl methyl sites for hydroxylation is 1. The van der Waals surface area contributed by atoms with E-state index in [4.69, 9.17) is 5.73 Å². The topological polar surface area (TPSA) is 116 Å². The Kier molecular flexibility index (Phi) is 11.1. The van der Waals surface area contributed by atoms with Gasteiger partial charge in [0.05, 0.1) is 11.4 Å². The second-order valence-corrected chi connectivity index (χ2v) is 21.3. The number of aromatic amines is 2. The Morgan fingerprint density at radius 3 is 1.64 bits per heavy atom. The molecule has 7 nitrogen and oxygen atoms in total. The van der Waals surface area contributed by atoms with Crippen LogP contribution in [0.15, 0.2) is 133 Å². The van der Waals surface area contributed by atoms with Crippen molar-refractivity contribution in [2.75, 3.05) is 16.4 Å². The molecule has 0 bridgehead atoms. The smallest absolute Gasteiger partial charge is 0.272 e. The highest BCUT2D eigenvalue weighted by molar-refractivity contribution is 6.08. The van der Waals surface area contributed by atoms with Crippen molar-refractivity contribution >= 4 is 50.7 Å². The molecule has 2 amide bonds. The third-order valence-corrected chi connectivity index (χ3v) is 14.7. The molecule has 0 saturated heterocycles. The van der Waals surface area contributed by atoms with E-state index in [1.807, 2.05) is 67.6 Å². The third-order valence-electron chi connectivity index (χ3n) is 14.7. The van der Waals surface area contributed by atoms with E-state index < -0.39 is 0 Å². The Hall–Kier alpha value is -6.86. The normalized spacial score (nSPS) is 16.4. The molecule has 0 aliphatic heterocycles. The number of benzene rings is 6. The van der Waals surface area contributed by atoms with Crippen molar-refractivity contribution in [3.05, 3.63) is 173 Å². The van der Waals surface area contributed by atoms with Crippen LogP contribution in [0.1, 0.15) is 130 Å². The zero-order valence-corrected chi connectivity index (χ0v) is 39.9. The van der Waals surface area contributed by atoms with Crippen molar-refractivity contribution < 1.29 is 9.59 Å². The van der Waals surface area contributed by atoms with Gasteiger partial charge in [-0.3, -0.25) is 9.59 Å². The fourth-order valence-corrected chi connectivity index (χ4v) is 10.1. The van der Waals surface area contributed by atoms with Crippen LogP contribution >= 0.6 is 0 Å². The molecule has 66 heavy (non-hydrogen) atoms. The van der Waals surface area contributed by atoms with Gasteiger partial charge in [0.25, 0.3) is 11.8 Å². The second kappa shape index (κ2) is 16.5. The highest BCUT2D eigenvalue weighted by Crippen LogP contribution is 2.48. The van der Waals surface area contributed by atoms with Crippen LogP contribution in [-0.4, -0.2) is 21.8 Å². The summed E-state index contributed by atoms with van der Waals surface area (Å²) in [5.74, 6) is -0.302. The number of hydrogen-bond donors (Lipinski definition) is 5. The first kappa shape index (κ1) is 44.3. The maximum absolute atomic E-state index is 12.9. The zero-order valence-electron chi connectivity index (χ0n) is 39.9. The number of nitrogens with one attached hydrogen (secondary N) is 4. The first-order valence-electron chi connectivity index (χ1n) is 23.4. The van der Waals surface area contributed by atoms with Gasteiger partial charge in [-0.25, -0.2) is 0 Å². The largest absolute Gasteiger partial charge is 0.397 e. The number of rotatable bonds is 6. The molecule has 0 spiro atoms. The molecule has 2 aliphatic rings. The summed E-state index contributed by atoms with van der Waals surface area (Å²) in [7, 11) is 0. The quantitative estimate of drug-likeness (QED) is 0.107. The van der Waals surface area contributed by atoms with Crippen molar-refractivity contribution in [3.8, 4) is 22.4 Å². The average molecular weight is 874 g/mol. The Morgan fingerprint density at radius 1 is 0.485 bits per heavy atom. The summed E-state index contributed by atoms with van der Waals surface area (Å²) in [4.78, 5) is 32.5. The minimum Gasteiger partial charge on any atom is -0.397 e. The van der Waals surface area contributed by atoms with Crippen LogP contribution in [0.5, 0.6) is 0 Å². The number of anilines is 3. The van der Waals surface area contributed by atoms with Gasteiger partial charge in [-0.1, -0.05) is 134 Å². The SMILES string of the molecule is CC1(C)CCC(C)(C)c2cc(-c3ccc4cc(C(=O)Nc5ccccc5N)[nH]c4c3)ccc21.Cc1ccccc1NC(=O)c1ccc2cc(-c3ccc4c(c3)C(C)(C)CCC4(C)C)[nH]c2c1. The molecule has 10 rings (SSSR count). The first-order valence-corrected chi connectivity index (χ1v) is 23.4. The molecule has 6 aromatic carbocycles. The molecular formula is C59H63N5O2. The van der Waals surface area contributed by atoms with E-state index in [1.54, 1.807) is 12.1 Å². The lowest BCUT2D eigenvalue weighted by molar-refractivity contribution is 0.101. The summed E-state index contributed by atoms with van der Waals surface area (Å²) in [6.07, 6.45) is 4.81. The number of hydrogen-bond acceptors (Lipinski definition) is 3. The standard InChI is InChI=1S/C30H32N2O.C29H31N3O/c1-19-8-6-7-9-25(19)32-28(33)22-11-10-21-17-26(31-27(21)18-22)20-12-13-23-24(16-20)30(4,5)15-14-29(23,2)3;1-28(2)13-14-29(3,4)22-15-18(11-12-21(22)28)19-9-10-20-17-26(31-25(20)16-19)27(33)32-24-8-6-5-7-23(24)30/h6-13,16-18,31H,14-15H2,1-5H3,(H,32,33);5-12,15-17,31H,13-14,30H2,1-4H3,(H,32,33). The van der Waals surface area contributed by atoms with E-state index in [9.17, 15) is 9.59 Å². The van der Waals surface area contributed by atoms with Crippen LogP contribution < -0.4 is 16.4 Å². The lowest BCUT2D eigenvalue weighted by Crippen LogP contribution is -2.33. The molecule has 0 saturated carbocycles. The van der Waals surface area contributed by atoms with E-state index in [0.29, 0.717) is 22.6 Å². The summed E-state index contributed by atoms with van der Waals surface area (Å²) < 4.78 is 0. The maximum Gasteiger partial charge on any atom is 0.272 e. The summed E-state index contributed by atoms with van der Waals surface area (Å²) in [5.41, 5.74) is 23.3. The number of carbonyl (C=O) groups is 2. The van der Waals surface area contributed by atoms with E-state index in [-0.39, 0.29) is 33.5 Å². The van der Waals surface area contributed by atoms with Crippen molar-refractivity contribution in [3.63, 3.8) is 0 Å². The Morgan fingerprint density at radius 2 is 0.985 bits per heavy atom. The van der Waals surface area contributed by atoms with E-state index in [1.165, 1.54) is 59.1 Å². The van der Waals surface area contributed by atoms with Gasteiger partial charge in [-0.2, -0.15) is 0 Å². The van der Waals surface area contributed by atoms with Gasteiger partial charge in [-0.05, 0) is 153 Å². The fourth-order valence-electron chi connectivity index (χ4n) is 10.1. The summed E-state index contributed by atoms with van der Waals surface area (Å²) in [6, 6.07) is 45.2. The van der Waals surface area contributed by atoms with Gasteiger partial charge in [0, 0.05) is 38.8 Å². The maximum atomic E-state index is 12.9. The Labute approximate surface area is 389 Å². The summed E-state index contributed by atoms with van der Waals surface area (Å²) in [5, 5.41) is 8.03. The van der Waals surface area contributed by atoms with Gasteiger partial charge in [-0.15, -0.1) is 0 Å². The van der Waals surface area contributed by atoms with Crippen LogP contribution in [0.3, 0.4) is 0 Å². The molecule has 8 aromatic rings. The van der Waals surface area contributed by atoms with Gasteiger partial charge in [0.1, 0.15) is 5.69 Å². The molecule has 0 fully saturated rings. The van der Waals surface area contributed by atoms with Gasteiger partial charge in [0.15, 0.2) is 0 Å².